The Morgan fingerprint density at radius 1 is 0.725 bits per heavy atom. The molecule has 266 valence electrons. The number of carbonyl (C=O) groups excluding carboxylic acids is 4. The van der Waals surface area contributed by atoms with Gasteiger partial charge >= 0.3 is 11.9 Å². The predicted molar refractivity (Wildman–Crippen MR) is 192 cm³/mol. The number of anilines is 4. The molecular weight excluding hydrogens is 656 g/mol. The average molecular weight is 697 g/mol. The first kappa shape index (κ1) is 37.4. The number of ether oxygens (including phenoxy) is 2. The first-order chi connectivity index (χ1) is 24.7. The van der Waals surface area contributed by atoms with E-state index in [9.17, 15) is 24.4 Å². The Hall–Kier alpha value is -6.38. The number of hydrogen-bond acceptors (Lipinski definition) is 12. The van der Waals surface area contributed by atoms with Crippen LogP contribution in [0.15, 0.2) is 90.3 Å². The second-order valence-corrected chi connectivity index (χ2v) is 10.7. The fourth-order valence-electron chi connectivity index (χ4n) is 5.00. The molecule has 0 atom stereocenters. The van der Waals surface area contributed by atoms with Crippen LogP contribution in [0.3, 0.4) is 0 Å². The van der Waals surface area contributed by atoms with Gasteiger partial charge in [-0.15, -0.1) is 0 Å². The van der Waals surface area contributed by atoms with E-state index in [0.717, 1.165) is 0 Å². The molecule has 51 heavy (non-hydrogen) atoms. The lowest BCUT2D eigenvalue weighted by molar-refractivity contribution is -0.434. The summed E-state index contributed by atoms with van der Waals surface area (Å²) in [6.07, 6.45) is 2.99. The van der Waals surface area contributed by atoms with Crippen LogP contribution >= 0.6 is 0 Å². The van der Waals surface area contributed by atoms with Crippen LogP contribution in [0.25, 0.3) is 0 Å². The van der Waals surface area contributed by atoms with Gasteiger partial charge in [-0.25, -0.2) is 9.97 Å². The molecule has 4 aromatic rings. The summed E-state index contributed by atoms with van der Waals surface area (Å²) in [5.74, 6) is -1.13. The van der Waals surface area contributed by atoms with Crippen LogP contribution in [-0.2, 0) is 19.1 Å². The van der Waals surface area contributed by atoms with Gasteiger partial charge in [0.2, 0.25) is 0 Å². The number of nitrogens with one attached hydrogen (secondary N) is 2. The molecule has 15 nitrogen and oxygen atoms in total. The normalized spacial score (nSPS) is 10.9. The second kappa shape index (κ2) is 18.4. The van der Waals surface area contributed by atoms with Gasteiger partial charge in [-0.05, 0) is 73.3 Å². The molecule has 0 bridgehead atoms. The molecule has 4 rings (SSSR count). The maximum atomic E-state index is 13.8. The Bertz CT molecular complexity index is 1860. The summed E-state index contributed by atoms with van der Waals surface area (Å²) in [5, 5.41) is 23.8. The van der Waals surface area contributed by atoms with Crippen LogP contribution in [0, 0.1) is 5.21 Å². The highest BCUT2D eigenvalue weighted by Crippen LogP contribution is 2.32. The molecule has 2 aromatic heterocycles. The Morgan fingerprint density at radius 2 is 1.24 bits per heavy atom. The Morgan fingerprint density at radius 3 is 1.71 bits per heavy atom. The zero-order valence-electron chi connectivity index (χ0n) is 28.9. The molecule has 0 fully saturated rings. The van der Waals surface area contributed by atoms with E-state index in [1.807, 2.05) is 0 Å². The van der Waals surface area contributed by atoms with E-state index in [1.165, 1.54) is 40.3 Å². The molecule has 2 N–H and O–H groups in total. The van der Waals surface area contributed by atoms with Crippen LogP contribution < -0.4 is 20.4 Å². The van der Waals surface area contributed by atoms with Crippen LogP contribution in [0.1, 0.15) is 47.4 Å². The Balaban J connectivity index is 1.65. The largest absolute Gasteiger partial charge is 0.594 e. The minimum Gasteiger partial charge on any atom is -0.594 e. The van der Waals surface area contributed by atoms with Crippen molar-refractivity contribution in [3.63, 3.8) is 0 Å². The highest BCUT2D eigenvalue weighted by atomic mass is 16.5. The van der Waals surface area contributed by atoms with E-state index < -0.39 is 23.8 Å². The summed E-state index contributed by atoms with van der Waals surface area (Å²) in [4.78, 5) is 63.4. The summed E-state index contributed by atoms with van der Waals surface area (Å²) in [7, 11) is 3.25. The maximum absolute atomic E-state index is 13.8. The zero-order valence-corrected chi connectivity index (χ0v) is 28.9. The van der Waals surface area contributed by atoms with Crippen molar-refractivity contribution in [1.29, 1.82) is 0 Å². The number of rotatable bonds is 16. The Kier molecular flexibility index (Phi) is 13.5. The number of azo groups is 1. The fraction of sp³-hybridized carbons (Fsp3) is 0.278. The van der Waals surface area contributed by atoms with E-state index in [-0.39, 0.29) is 61.6 Å². The number of hydrogen-bond donors (Lipinski definition) is 2. The van der Waals surface area contributed by atoms with Gasteiger partial charge in [-0.2, -0.15) is 0 Å². The topological polar surface area (TPSA) is 181 Å². The van der Waals surface area contributed by atoms with E-state index in [0.29, 0.717) is 27.9 Å². The third kappa shape index (κ3) is 9.84. The highest BCUT2D eigenvalue weighted by molar-refractivity contribution is 6.07. The number of pyridine rings is 2. The Labute approximate surface area is 295 Å². The lowest BCUT2D eigenvalue weighted by Gasteiger charge is -2.22. The van der Waals surface area contributed by atoms with E-state index >= 15 is 0 Å². The number of benzene rings is 2. The van der Waals surface area contributed by atoms with Gasteiger partial charge in [0.05, 0.1) is 31.7 Å². The van der Waals surface area contributed by atoms with Crippen molar-refractivity contribution < 1.29 is 33.5 Å². The van der Waals surface area contributed by atoms with Crippen molar-refractivity contribution in [2.75, 3.05) is 60.8 Å². The van der Waals surface area contributed by atoms with Gasteiger partial charge in [0.25, 0.3) is 17.5 Å². The SMILES string of the molecule is CCOC(=O)CCN(C(=O)c1ccc(NC)c(N=[N+]([O-])c2ccc(C(=O)N(CCC(=O)OCC)c3ccccn3)cc2NC)c1)c1ccccn1. The number of nitrogens with zero attached hydrogens (tertiary/aromatic N) is 6. The molecule has 2 aromatic carbocycles. The summed E-state index contributed by atoms with van der Waals surface area (Å²) in [6, 6.07) is 19.3. The van der Waals surface area contributed by atoms with Crippen LogP contribution in [0.5, 0.6) is 0 Å². The molecule has 2 amide bonds. The van der Waals surface area contributed by atoms with Crippen molar-refractivity contribution in [2.24, 2.45) is 5.11 Å². The molecule has 0 aliphatic carbocycles. The van der Waals surface area contributed by atoms with Gasteiger partial charge in [0, 0.05) is 61.9 Å². The monoisotopic (exact) mass is 696 g/mol. The first-order valence-corrected chi connectivity index (χ1v) is 16.3. The molecule has 0 saturated heterocycles. The van der Waals surface area contributed by atoms with Crippen molar-refractivity contribution in [3.8, 4) is 0 Å². The molecule has 0 aliphatic rings. The van der Waals surface area contributed by atoms with Crippen molar-refractivity contribution >= 4 is 58.1 Å². The highest BCUT2D eigenvalue weighted by Gasteiger charge is 2.24. The smallest absolute Gasteiger partial charge is 0.307 e. The quantitative estimate of drug-likeness (QED) is 0.0636. The summed E-state index contributed by atoms with van der Waals surface area (Å²) in [5.41, 5.74) is 1.44. The number of amides is 2. The molecule has 2 heterocycles. The zero-order chi connectivity index (χ0) is 36.8. The summed E-state index contributed by atoms with van der Waals surface area (Å²) < 4.78 is 10.1. The van der Waals surface area contributed by atoms with E-state index in [4.69, 9.17) is 9.47 Å². The summed E-state index contributed by atoms with van der Waals surface area (Å²) in [6.45, 7) is 3.88. The molecule has 0 saturated carbocycles. The predicted octanol–water partition coefficient (Wildman–Crippen LogP) is 5.69. The lowest BCUT2D eigenvalue weighted by Crippen LogP contribution is -2.34. The third-order valence-corrected chi connectivity index (χ3v) is 7.46. The molecule has 0 radical (unpaired) electrons. The molecule has 15 heteroatoms. The minimum atomic E-state index is -0.464. The van der Waals surface area contributed by atoms with Crippen LogP contribution in [0.4, 0.5) is 34.4 Å². The number of aromatic nitrogens is 2. The van der Waals surface area contributed by atoms with Crippen LogP contribution in [0.2, 0.25) is 0 Å². The van der Waals surface area contributed by atoms with Gasteiger partial charge in [-0.3, -0.25) is 29.0 Å². The van der Waals surface area contributed by atoms with Crippen molar-refractivity contribution in [2.45, 2.75) is 26.7 Å². The average Bonchev–Trinajstić information content (AvgIpc) is 3.15. The van der Waals surface area contributed by atoms with Gasteiger partial charge in [0.15, 0.2) is 5.69 Å². The van der Waals surface area contributed by atoms with E-state index in [2.05, 4.69) is 25.7 Å². The first-order valence-electron chi connectivity index (χ1n) is 16.3. The van der Waals surface area contributed by atoms with Gasteiger partial charge < -0.3 is 25.3 Å². The third-order valence-electron chi connectivity index (χ3n) is 7.46. The standard InChI is InChI=1S/C36H40N8O7/c1-5-50-33(45)17-21-42(31-11-7-9-19-39-31)35(47)25-13-15-27(37-3)28(23-25)41-44(49)30-16-14-26(24-29(30)38-4)36(48)43(22-18-34(46)51-6-2)32-12-8-10-20-40-32/h7-16,19-20,23-24,37-38H,5-6,17-18,21-22H2,1-4H3. The summed E-state index contributed by atoms with van der Waals surface area (Å²) >= 11 is 0. The second-order valence-electron chi connectivity index (χ2n) is 10.7. The molecular formula is C36H40N8O7. The van der Waals surface area contributed by atoms with Gasteiger partial charge in [-0.1, -0.05) is 12.1 Å². The molecule has 0 spiro atoms. The lowest BCUT2D eigenvalue weighted by atomic mass is 10.1. The van der Waals surface area contributed by atoms with Crippen LogP contribution in [-0.4, -0.2) is 79.0 Å². The van der Waals surface area contributed by atoms with Crippen molar-refractivity contribution in [1.82, 2.24) is 9.97 Å². The molecule has 0 unspecified atom stereocenters. The number of esters is 2. The van der Waals surface area contributed by atoms with E-state index in [1.54, 1.807) is 82.7 Å². The minimum absolute atomic E-state index is 0.0137. The molecule has 0 aliphatic heterocycles. The van der Waals surface area contributed by atoms with Gasteiger partial charge in [0.1, 0.15) is 17.3 Å². The number of carbonyl (C=O) groups is 4. The fourth-order valence-corrected chi connectivity index (χ4v) is 5.00. The maximum Gasteiger partial charge on any atom is 0.307 e. The van der Waals surface area contributed by atoms with Crippen molar-refractivity contribution in [3.05, 3.63) is 102 Å².